The van der Waals surface area contributed by atoms with Crippen LogP contribution in [0.4, 0.5) is 0 Å². The average Bonchev–Trinajstić information content (AvgIpc) is 2.88. The van der Waals surface area contributed by atoms with Gasteiger partial charge in [-0.05, 0) is 43.5 Å². The van der Waals surface area contributed by atoms with E-state index in [0.29, 0.717) is 24.2 Å². The molecule has 7 nitrogen and oxygen atoms in total. The van der Waals surface area contributed by atoms with Crippen molar-refractivity contribution in [2.24, 2.45) is 5.92 Å². The first kappa shape index (κ1) is 18.3. The third-order valence-corrected chi connectivity index (χ3v) is 7.82. The molecule has 1 aliphatic carbocycles. The van der Waals surface area contributed by atoms with Gasteiger partial charge in [0, 0.05) is 24.6 Å². The topological polar surface area (TPSA) is 95.0 Å². The van der Waals surface area contributed by atoms with Crippen molar-refractivity contribution in [1.29, 1.82) is 0 Å². The van der Waals surface area contributed by atoms with Crippen LogP contribution in [0.15, 0.2) is 18.2 Å². The van der Waals surface area contributed by atoms with E-state index in [4.69, 9.17) is 0 Å². The van der Waals surface area contributed by atoms with Crippen LogP contribution in [-0.4, -0.2) is 71.8 Å². The number of sulfone groups is 1. The number of aryl methyl sites for hydroxylation is 1. The Morgan fingerprint density at radius 2 is 1.70 bits per heavy atom. The predicted octanol–water partition coefficient (Wildman–Crippen LogP) is 0.951. The molecule has 1 N–H and O–H groups in total. The summed E-state index contributed by atoms with van der Waals surface area (Å²) in [4.78, 5) is 29.1. The summed E-state index contributed by atoms with van der Waals surface area (Å²) in [6.45, 7) is 2.41. The van der Waals surface area contributed by atoms with E-state index in [9.17, 15) is 23.1 Å². The van der Waals surface area contributed by atoms with Crippen LogP contribution < -0.4 is 0 Å². The van der Waals surface area contributed by atoms with Gasteiger partial charge in [-0.15, -0.1) is 0 Å². The highest BCUT2D eigenvalue weighted by atomic mass is 32.2. The molecule has 2 atom stereocenters. The molecule has 4 rings (SSSR count). The Labute approximate surface area is 158 Å². The first-order valence-corrected chi connectivity index (χ1v) is 11.2. The minimum Gasteiger partial charge on any atom is -0.508 e. The summed E-state index contributed by atoms with van der Waals surface area (Å²) >= 11 is 0. The number of phenolic OH excluding ortho intramolecular Hbond substituents is 1. The molecular weight excluding hydrogens is 368 g/mol. The fourth-order valence-electron chi connectivity index (χ4n) is 4.32. The van der Waals surface area contributed by atoms with Gasteiger partial charge in [-0.1, -0.05) is 6.42 Å². The minimum absolute atomic E-state index is 0.0101. The minimum atomic E-state index is -3.30. The van der Waals surface area contributed by atoms with Crippen molar-refractivity contribution >= 4 is 21.7 Å². The second-order valence-corrected chi connectivity index (χ2v) is 10.0. The van der Waals surface area contributed by atoms with Gasteiger partial charge in [0.25, 0.3) is 5.91 Å². The van der Waals surface area contributed by atoms with Gasteiger partial charge in [0.15, 0.2) is 9.84 Å². The Balaban J connectivity index is 1.61. The molecule has 0 radical (unpaired) electrons. The Morgan fingerprint density at radius 1 is 1.07 bits per heavy atom. The number of fused-ring (bicyclic) bond motifs is 1. The largest absolute Gasteiger partial charge is 0.508 e. The first-order valence-electron chi connectivity index (χ1n) is 9.38. The van der Waals surface area contributed by atoms with Crippen molar-refractivity contribution in [2.75, 3.05) is 24.6 Å². The summed E-state index contributed by atoms with van der Waals surface area (Å²) in [5.74, 6) is -0.259. The Bertz CT molecular complexity index is 893. The molecule has 2 heterocycles. The van der Waals surface area contributed by atoms with Crippen LogP contribution in [0.25, 0.3) is 0 Å². The second-order valence-electron chi connectivity index (χ2n) is 7.87. The molecule has 146 valence electrons. The number of benzene rings is 1. The molecule has 1 aromatic rings. The highest BCUT2D eigenvalue weighted by Gasteiger charge is 2.50. The van der Waals surface area contributed by atoms with Gasteiger partial charge in [0.05, 0.1) is 23.6 Å². The van der Waals surface area contributed by atoms with Crippen molar-refractivity contribution in [3.8, 4) is 5.75 Å². The highest BCUT2D eigenvalue weighted by Crippen LogP contribution is 2.34. The molecule has 2 saturated heterocycles. The van der Waals surface area contributed by atoms with Gasteiger partial charge in [0.1, 0.15) is 5.75 Å². The first-order chi connectivity index (χ1) is 12.8. The molecule has 2 amide bonds. The zero-order valence-electron chi connectivity index (χ0n) is 15.3. The van der Waals surface area contributed by atoms with Crippen molar-refractivity contribution in [2.45, 2.75) is 38.3 Å². The summed E-state index contributed by atoms with van der Waals surface area (Å²) in [5, 5.41) is 9.68. The number of hydrogen-bond donors (Lipinski definition) is 1. The standard InChI is InChI=1S/C19H24N2O5S/c1-12-9-14(5-6-17(12)22)19(24)21-8-7-20(18(23)13-3-2-4-13)15-10-27(25,26)11-16(15)21/h5-6,9,13,15-16,22H,2-4,7-8,10-11H2,1H3/t15-,16+/m1/s1. The molecule has 0 bridgehead atoms. The van der Waals surface area contributed by atoms with E-state index >= 15 is 0 Å². The van der Waals surface area contributed by atoms with Crippen LogP contribution in [0.1, 0.15) is 35.2 Å². The lowest BCUT2D eigenvalue weighted by Gasteiger charge is -2.45. The van der Waals surface area contributed by atoms with Crippen molar-refractivity contribution in [3.05, 3.63) is 29.3 Å². The normalized spacial score (nSPS) is 27.1. The Kier molecular flexibility index (Phi) is 4.41. The fourth-order valence-corrected chi connectivity index (χ4v) is 6.30. The average molecular weight is 392 g/mol. The van der Waals surface area contributed by atoms with Gasteiger partial charge < -0.3 is 14.9 Å². The molecular formula is C19H24N2O5S. The molecule has 0 spiro atoms. The maximum Gasteiger partial charge on any atom is 0.254 e. The summed E-state index contributed by atoms with van der Waals surface area (Å²) in [6, 6.07) is 3.67. The van der Waals surface area contributed by atoms with Crippen LogP contribution >= 0.6 is 0 Å². The van der Waals surface area contributed by atoms with Gasteiger partial charge in [-0.25, -0.2) is 8.42 Å². The van der Waals surface area contributed by atoms with Crippen molar-refractivity contribution < 1.29 is 23.1 Å². The fraction of sp³-hybridized carbons (Fsp3) is 0.579. The number of hydrogen-bond acceptors (Lipinski definition) is 5. The second kappa shape index (κ2) is 6.51. The number of carbonyl (C=O) groups excluding carboxylic acids is 2. The predicted molar refractivity (Wildman–Crippen MR) is 99.2 cm³/mol. The van der Waals surface area contributed by atoms with Crippen LogP contribution in [0.3, 0.4) is 0 Å². The number of carbonyl (C=O) groups is 2. The lowest BCUT2D eigenvalue weighted by atomic mass is 9.83. The number of aromatic hydroxyl groups is 1. The van der Waals surface area contributed by atoms with Crippen LogP contribution in [0.5, 0.6) is 5.75 Å². The van der Waals surface area contributed by atoms with E-state index < -0.39 is 21.9 Å². The summed E-state index contributed by atoms with van der Waals surface area (Å²) < 4.78 is 24.6. The molecule has 8 heteroatoms. The van der Waals surface area contributed by atoms with Gasteiger partial charge in [-0.2, -0.15) is 0 Å². The van der Waals surface area contributed by atoms with E-state index in [-0.39, 0.29) is 35.0 Å². The molecule has 2 aliphatic heterocycles. The van der Waals surface area contributed by atoms with Crippen LogP contribution in [0.2, 0.25) is 0 Å². The monoisotopic (exact) mass is 392 g/mol. The number of piperazine rings is 1. The molecule has 1 aromatic carbocycles. The zero-order valence-corrected chi connectivity index (χ0v) is 16.1. The summed E-state index contributed by atoms with van der Waals surface area (Å²) in [5.41, 5.74) is 1.02. The van der Waals surface area contributed by atoms with Gasteiger partial charge in [-0.3, -0.25) is 9.59 Å². The van der Waals surface area contributed by atoms with Crippen molar-refractivity contribution in [1.82, 2.24) is 9.80 Å². The smallest absolute Gasteiger partial charge is 0.254 e. The molecule has 27 heavy (non-hydrogen) atoms. The van der Waals surface area contributed by atoms with Gasteiger partial charge >= 0.3 is 0 Å². The van der Waals surface area contributed by atoms with E-state index in [0.717, 1.165) is 19.3 Å². The van der Waals surface area contributed by atoms with E-state index in [1.54, 1.807) is 28.9 Å². The molecule has 3 fully saturated rings. The number of phenols is 1. The lowest BCUT2D eigenvalue weighted by molar-refractivity contribution is -0.143. The van der Waals surface area contributed by atoms with E-state index in [1.165, 1.54) is 6.07 Å². The quantitative estimate of drug-likeness (QED) is 0.809. The number of amides is 2. The Hall–Kier alpha value is -2.09. The van der Waals surface area contributed by atoms with Crippen molar-refractivity contribution in [3.63, 3.8) is 0 Å². The molecule has 0 aromatic heterocycles. The Morgan fingerprint density at radius 3 is 2.30 bits per heavy atom. The molecule has 0 unspecified atom stereocenters. The zero-order chi connectivity index (χ0) is 19.3. The summed E-state index contributed by atoms with van der Waals surface area (Å²) in [7, 11) is -3.30. The number of rotatable bonds is 2. The third-order valence-electron chi connectivity index (χ3n) is 6.12. The maximum atomic E-state index is 13.0. The van der Waals surface area contributed by atoms with E-state index in [1.807, 2.05) is 0 Å². The summed E-state index contributed by atoms with van der Waals surface area (Å²) in [6.07, 6.45) is 2.78. The molecule has 3 aliphatic rings. The highest BCUT2D eigenvalue weighted by molar-refractivity contribution is 7.91. The van der Waals surface area contributed by atoms with Crippen LogP contribution in [-0.2, 0) is 14.6 Å². The third kappa shape index (κ3) is 3.20. The maximum absolute atomic E-state index is 13.0. The lowest BCUT2D eigenvalue weighted by Crippen LogP contribution is -2.63. The van der Waals surface area contributed by atoms with Crippen LogP contribution in [0, 0.1) is 12.8 Å². The van der Waals surface area contributed by atoms with E-state index in [2.05, 4.69) is 0 Å². The van der Waals surface area contributed by atoms with Gasteiger partial charge in [0.2, 0.25) is 5.91 Å². The molecule has 1 saturated carbocycles. The number of nitrogens with zero attached hydrogens (tertiary/aromatic N) is 2. The SMILES string of the molecule is Cc1cc(C(=O)N2CCN(C(=O)C3CCC3)[C@@H]3CS(=O)(=O)C[C@@H]32)ccc1O.